The third-order valence-electron chi connectivity index (χ3n) is 6.81. The number of halogens is 1. The van der Waals surface area contributed by atoms with Crippen molar-refractivity contribution in [3.05, 3.63) is 89.9 Å². The Morgan fingerprint density at radius 3 is 2.32 bits per heavy atom. The van der Waals surface area contributed by atoms with E-state index in [4.69, 9.17) is 9.72 Å². The molecule has 0 fully saturated rings. The van der Waals surface area contributed by atoms with Gasteiger partial charge in [-0.05, 0) is 61.3 Å². The van der Waals surface area contributed by atoms with Crippen LogP contribution in [-0.4, -0.2) is 33.2 Å². The van der Waals surface area contributed by atoms with Gasteiger partial charge in [-0.3, -0.25) is 4.90 Å². The van der Waals surface area contributed by atoms with Crippen LogP contribution in [0.1, 0.15) is 50.8 Å². The van der Waals surface area contributed by atoms with E-state index >= 15 is 0 Å². The Bertz CT molecular complexity index is 1300. The van der Waals surface area contributed by atoms with Gasteiger partial charge in [-0.2, -0.15) is 0 Å². The first-order valence-corrected chi connectivity index (χ1v) is 13.5. The summed E-state index contributed by atoms with van der Waals surface area (Å²) in [5, 5.41) is 10.1. The second-order valence-corrected chi connectivity index (χ2v) is 9.68. The molecule has 0 radical (unpaired) electrons. The van der Waals surface area contributed by atoms with Gasteiger partial charge in [0.2, 0.25) is 0 Å². The molecule has 1 N–H and O–H groups in total. The van der Waals surface area contributed by atoms with Crippen molar-refractivity contribution in [1.82, 2.24) is 14.5 Å². The summed E-state index contributed by atoms with van der Waals surface area (Å²) < 4.78 is 21.5. The number of hydrogen-bond acceptors (Lipinski definition) is 4. The van der Waals surface area contributed by atoms with E-state index in [-0.39, 0.29) is 11.6 Å². The summed E-state index contributed by atoms with van der Waals surface area (Å²) >= 11 is 0. The number of phenolic OH excluding ortho intramolecular Hbond substituents is 1. The molecule has 1 aromatic heterocycles. The first-order valence-electron chi connectivity index (χ1n) is 13.5. The van der Waals surface area contributed by atoms with Crippen molar-refractivity contribution >= 4 is 0 Å². The lowest BCUT2D eigenvalue weighted by molar-refractivity contribution is 0.246. The van der Waals surface area contributed by atoms with E-state index < -0.39 is 0 Å². The van der Waals surface area contributed by atoms with Crippen LogP contribution in [0, 0.1) is 5.82 Å². The quantitative estimate of drug-likeness (QED) is 0.198. The van der Waals surface area contributed by atoms with Gasteiger partial charge in [0.05, 0.1) is 18.5 Å². The fourth-order valence-electron chi connectivity index (χ4n) is 4.74. The van der Waals surface area contributed by atoms with Gasteiger partial charge in [0.25, 0.3) is 0 Å². The molecule has 0 atom stereocenters. The molecule has 200 valence electrons. The summed E-state index contributed by atoms with van der Waals surface area (Å²) in [5.41, 5.74) is 5.08. The number of ether oxygens (including phenoxy) is 1. The SMILES string of the molecule is CCCCN(Cc1ccc(O)c(OC)c1)Cc1c(-c2ccc(F)cc2)nc(-c2ccccc2)n1CCCC. The average Bonchev–Trinajstić information content (AvgIpc) is 3.30. The molecular weight excluding hydrogens is 477 g/mol. The van der Waals surface area contributed by atoms with Gasteiger partial charge >= 0.3 is 0 Å². The number of unbranched alkanes of at least 4 members (excludes halogenated alkanes) is 2. The largest absolute Gasteiger partial charge is 0.504 e. The van der Waals surface area contributed by atoms with Crippen LogP contribution in [0.3, 0.4) is 0 Å². The van der Waals surface area contributed by atoms with Crippen LogP contribution in [-0.2, 0) is 19.6 Å². The molecule has 0 aliphatic carbocycles. The number of phenols is 1. The molecule has 0 saturated carbocycles. The minimum absolute atomic E-state index is 0.139. The lowest BCUT2D eigenvalue weighted by Gasteiger charge is -2.24. The maximum absolute atomic E-state index is 13.8. The maximum atomic E-state index is 13.8. The monoisotopic (exact) mass is 515 g/mol. The zero-order valence-corrected chi connectivity index (χ0v) is 22.7. The fraction of sp³-hybridized carbons (Fsp3) is 0.344. The molecule has 0 unspecified atom stereocenters. The highest BCUT2D eigenvalue weighted by atomic mass is 19.1. The van der Waals surface area contributed by atoms with Crippen molar-refractivity contribution in [1.29, 1.82) is 0 Å². The van der Waals surface area contributed by atoms with Gasteiger partial charge in [0.15, 0.2) is 11.5 Å². The molecule has 0 amide bonds. The van der Waals surface area contributed by atoms with E-state index in [9.17, 15) is 9.50 Å². The summed E-state index contributed by atoms with van der Waals surface area (Å²) in [4.78, 5) is 7.60. The predicted octanol–water partition coefficient (Wildman–Crippen LogP) is 7.67. The third kappa shape index (κ3) is 6.62. The van der Waals surface area contributed by atoms with Crippen LogP contribution >= 0.6 is 0 Å². The second kappa shape index (κ2) is 13.2. The number of hydrogen-bond donors (Lipinski definition) is 1. The van der Waals surface area contributed by atoms with Gasteiger partial charge < -0.3 is 14.4 Å². The number of imidazole rings is 1. The zero-order valence-electron chi connectivity index (χ0n) is 22.7. The van der Waals surface area contributed by atoms with Crippen LogP contribution in [0.25, 0.3) is 22.6 Å². The fourth-order valence-corrected chi connectivity index (χ4v) is 4.74. The van der Waals surface area contributed by atoms with Crippen LogP contribution in [0.15, 0.2) is 72.8 Å². The van der Waals surface area contributed by atoms with Crippen molar-refractivity contribution in [2.75, 3.05) is 13.7 Å². The summed E-state index contributed by atoms with van der Waals surface area (Å²) in [6.07, 6.45) is 4.26. The molecular formula is C32H38FN3O2. The first-order chi connectivity index (χ1) is 18.5. The van der Waals surface area contributed by atoms with Crippen molar-refractivity contribution in [3.8, 4) is 34.1 Å². The highest BCUT2D eigenvalue weighted by Crippen LogP contribution is 2.32. The Morgan fingerprint density at radius 1 is 0.895 bits per heavy atom. The number of aromatic hydroxyl groups is 1. The number of methoxy groups -OCH3 is 1. The highest BCUT2D eigenvalue weighted by molar-refractivity contribution is 5.68. The number of rotatable bonds is 13. The molecule has 0 spiro atoms. The Labute approximate surface area is 225 Å². The third-order valence-corrected chi connectivity index (χ3v) is 6.81. The summed E-state index contributed by atoms with van der Waals surface area (Å²) in [7, 11) is 1.57. The molecule has 4 aromatic rings. The summed E-state index contributed by atoms with van der Waals surface area (Å²) in [6.45, 7) is 7.58. The number of benzene rings is 3. The molecule has 3 aromatic carbocycles. The van der Waals surface area contributed by atoms with E-state index in [1.807, 2.05) is 42.5 Å². The van der Waals surface area contributed by atoms with Gasteiger partial charge in [-0.15, -0.1) is 0 Å². The average molecular weight is 516 g/mol. The van der Waals surface area contributed by atoms with Crippen molar-refractivity contribution < 1.29 is 14.2 Å². The van der Waals surface area contributed by atoms with E-state index in [0.717, 1.165) is 72.7 Å². The molecule has 6 heteroatoms. The molecule has 1 heterocycles. The van der Waals surface area contributed by atoms with Crippen LogP contribution in [0.2, 0.25) is 0 Å². The molecule has 0 aliphatic rings. The Hall–Kier alpha value is -3.64. The predicted molar refractivity (Wildman–Crippen MR) is 152 cm³/mol. The van der Waals surface area contributed by atoms with Crippen molar-refractivity contribution in [3.63, 3.8) is 0 Å². The van der Waals surface area contributed by atoms with Crippen molar-refractivity contribution in [2.45, 2.75) is 59.2 Å². The topological polar surface area (TPSA) is 50.5 Å². The molecule has 38 heavy (non-hydrogen) atoms. The van der Waals surface area contributed by atoms with E-state index in [0.29, 0.717) is 18.8 Å². The number of aromatic nitrogens is 2. The maximum Gasteiger partial charge on any atom is 0.160 e. The van der Waals surface area contributed by atoms with Gasteiger partial charge in [0, 0.05) is 30.8 Å². The standard InChI is InChI=1S/C32H38FN3O2/c1-4-6-19-35(22-24-13-18-29(37)30(21-24)38-3)23-28-31(25-14-16-27(33)17-15-25)34-32(36(28)20-7-5-2)26-11-9-8-10-12-26/h8-18,21,37H,4-7,19-20,22-23H2,1-3H3. The lowest BCUT2D eigenvalue weighted by Crippen LogP contribution is -2.26. The minimum atomic E-state index is -0.255. The van der Waals surface area contributed by atoms with E-state index in [1.165, 1.54) is 12.1 Å². The molecule has 0 saturated heterocycles. The Balaban J connectivity index is 1.80. The van der Waals surface area contributed by atoms with Crippen LogP contribution in [0.5, 0.6) is 11.5 Å². The van der Waals surface area contributed by atoms with E-state index in [1.54, 1.807) is 13.2 Å². The first kappa shape index (κ1) is 27.4. The minimum Gasteiger partial charge on any atom is -0.504 e. The van der Waals surface area contributed by atoms with E-state index in [2.05, 4.69) is 35.4 Å². The Kier molecular flexibility index (Phi) is 9.55. The van der Waals surface area contributed by atoms with Gasteiger partial charge in [-0.25, -0.2) is 9.37 Å². The summed E-state index contributed by atoms with van der Waals surface area (Å²) in [6, 6.07) is 22.5. The van der Waals surface area contributed by atoms with Crippen molar-refractivity contribution in [2.24, 2.45) is 0 Å². The van der Waals surface area contributed by atoms with Crippen LogP contribution in [0.4, 0.5) is 4.39 Å². The van der Waals surface area contributed by atoms with Crippen LogP contribution < -0.4 is 4.74 Å². The molecule has 5 nitrogen and oxygen atoms in total. The number of nitrogens with zero attached hydrogens (tertiary/aromatic N) is 3. The molecule has 4 rings (SSSR count). The molecule has 0 aliphatic heterocycles. The zero-order chi connectivity index (χ0) is 26.9. The van der Waals surface area contributed by atoms with Gasteiger partial charge in [-0.1, -0.05) is 63.1 Å². The van der Waals surface area contributed by atoms with Gasteiger partial charge in [0.1, 0.15) is 11.6 Å². The second-order valence-electron chi connectivity index (χ2n) is 9.68. The smallest absolute Gasteiger partial charge is 0.160 e. The normalized spacial score (nSPS) is 11.3. The summed E-state index contributed by atoms with van der Waals surface area (Å²) in [5.74, 6) is 1.30. The lowest BCUT2D eigenvalue weighted by atomic mass is 10.1. The molecule has 0 bridgehead atoms. The Morgan fingerprint density at radius 2 is 1.63 bits per heavy atom. The highest BCUT2D eigenvalue weighted by Gasteiger charge is 2.22.